The van der Waals surface area contributed by atoms with Gasteiger partial charge in [-0.05, 0) is 24.1 Å². The predicted molar refractivity (Wildman–Crippen MR) is 83.8 cm³/mol. The highest BCUT2D eigenvalue weighted by atomic mass is 16.5. The highest BCUT2D eigenvalue weighted by Gasteiger charge is 2.26. The van der Waals surface area contributed by atoms with Gasteiger partial charge in [-0.15, -0.1) is 0 Å². The van der Waals surface area contributed by atoms with Gasteiger partial charge in [-0.25, -0.2) is 0 Å². The molecule has 0 aliphatic carbocycles. The molecule has 19 heavy (non-hydrogen) atoms. The second-order valence-corrected chi connectivity index (χ2v) is 4.84. The van der Waals surface area contributed by atoms with E-state index in [2.05, 4.69) is 18.5 Å². The normalized spacial score (nSPS) is 15.3. The van der Waals surface area contributed by atoms with E-state index >= 15 is 0 Å². The van der Waals surface area contributed by atoms with E-state index in [-0.39, 0.29) is 12.6 Å². The molecular formula is C15H24BNO2. The number of hydrogen-bond acceptors (Lipinski definition) is 3. The van der Waals surface area contributed by atoms with E-state index in [0.717, 1.165) is 17.7 Å². The molecule has 0 aliphatic rings. The Hall–Kier alpha value is -1.71. The average Bonchev–Trinajstić information content (AvgIpc) is 2.42. The van der Waals surface area contributed by atoms with Crippen molar-refractivity contribution in [3.63, 3.8) is 0 Å². The summed E-state index contributed by atoms with van der Waals surface area (Å²) in [6.45, 7) is 11.5. The fourth-order valence-electron chi connectivity index (χ4n) is 1.11. The minimum atomic E-state index is -0.445. The maximum absolute atomic E-state index is 11.8. The van der Waals surface area contributed by atoms with Crippen molar-refractivity contribution in [2.75, 3.05) is 13.7 Å². The van der Waals surface area contributed by atoms with Gasteiger partial charge in [-0.1, -0.05) is 39.2 Å². The fraction of sp³-hybridized carbons (Fsp3) is 0.400. The Morgan fingerprint density at radius 1 is 1.37 bits per heavy atom. The van der Waals surface area contributed by atoms with Gasteiger partial charge in [0, 0.05) is 18.1 Å². The summed E-state index contributed by atoms with van der Waals surface area (Å²) in [5, 5.41) is 2.54. The smallest absolute Gasteiger partial charge is 0.303 e. The fourth-order valence-corrected chi connectivity index (χ4v) is 1.11. The first-order chi connectivity index (χ1) is 8.91. The summed E-state index contributed by atoms with van der Waals surface area (Å²) in [6, 6.07) is 0. The Bertz CT molecular complexity index is 395. The summed E-state index contributed by atoms with van der Waals surface area (Å²) in [5.41, 5.74) is 1.73. The van der Waals surface area contributed by atoms with E-state index in [1.165, 1.54) is 0 Å². The zero-order chi connectivity index (χ0) is 14.9. The number of ether oxygens (including phenoxy) is 1. The third-order valence-corrected chi connectivity index (χ3v) is 3.05. The maximum atomic E-state index is 11.8. The lowest BCUT2D eigenvalue weighted by atomic mass is 9.69. The summed E-state index contributed by atoms with van der Waals surface area (Å²) in [5.74, 6) is -0.190. The van der Waals surface area contributed by atoms with Gasteiger partial charge in [-0.2, -0.15) is 0 Å². The molecule has 1 atom stereocenters. The topological polar surface area (TPSA) is 38.3 Å². The van der Waals surface area contributed by atoms with Crippen molar-refractivity contribution in [2.45, 2.75) is 25.6 Å². The first kappa shape index (κ1) is 17.3. The SMILES string of the molecule is BC(C)(CC)C(=O)OC/C(C=C)=C/C=C(\C=C)NC. The van der Waals surface area contributed by atoms with Crippen LogP contribution in [0, 0.1) is 0 Å². The van der Waals surface area contributed by atoms with Gasteiger partial charge in [-0.3, -0.25) is 4.79 Å². The summed E-state index contributed by atoms with van der Waals surface area (Å²) >= 11 is 0. The molecular weight excluding hydrogens is 237 g/mol. The zero-order valence-corrected chi connectivity index (χ0v) is 12.5. The number of hydrogen-bond donors (Lipinski definition) is 1. The van der Waals surface area contributed by atoms with E-state index < -0.39 is 5.31 Å². The highest BCUT2D eigenvalue weighted by molar-refractivity contribution is 6.26. The standard InChI is InChI=1S/C15H24BNO2/c1-6-12(9-10-13(7-2)17-5)11-19-14(18)15(4,16)8-3/h6-7,9-10,17H,1-2,8,11,16H2,3-5H3/b12-9+,13-10+. The zero-order valence-electron chi connectivity index (χ0n) is 12.5. The van der Waals surface area contributed by atoms with Gasteiger partial charge >= 0.3 is 5.97 Å². The predicted octanol–water partition coefficient (Wildman–Crippen LogP) is 2.15. The van der Waals surface area contributed by atoms with Crippen LogP contribution < -0.4 is 5.32 Å². The van der Waals surface area contributed by atoms with Crippen LogP contribution in [0.15, 0.2) is 48.7 Å². The van der Waals surface area contributed by atoms with Crippen molar-refractivity contribution >= 4 is 13.8 Å². The van der Waals surface area contributed by atoms with Crippen molar-refractivity contribution in [3.05, 3.63) is 48.7 Å². The Morgan fingerprint density at radius 2 is 2.00 bits per heavy atom. The number of carbonyl (C=O) groups excluding carboxylic acids is 1. The summed E-state index contributed by atoms with van der Waals surface area (Å²) in [7, 11) is 3.70. The third kappa shape index (κ3) is 6.14. The first-order valence-corrected chi connectivity index (χ1v) is 6.42. The highest BCUT2D eigenvalue weighted by Crippen LogP contribution is 2.26. The average molecular weight is 261 g/mol. The molecule has 104 valence electrons. The number of allylic oxidation sites excluding steroid dienone is 3. The lowest BCUT2D eigenvalue weighted by Crippen LogP contribution is -2.23. The molecule has 0 aromatic carbocycles. The molecule has 1 unspecified atom stereocenters. The van der Waals surface area contributed by atoms with E-state index in [4.69, 9.17) is 4.74 Å². The maximum Gasteiger partial charge on any atom is 0.303 e. The van der Waals surface area contributed by atoms with E-state index in [1.54, 1.807) is 12.2 Å². The Kier molecular flexibility index (Phi) is 7.65. The molecule has 0 heterocycles. The van der Waals surface area contributed by atoms with Crippen LogP contribution in [0.4, 0.5) is 0 Å². The van der Waals surface area contributed by atoms with Crippen LogP contribution >= 0.6 is 0 Å². The minimum Gasteiger partial charge on any atom is -0.461 e. The number of likely N-dealkylation sites (N-methyl/N-ethyl adjacent to an activating group) is 1. The van der Waals surface area contributed by atoms with E-state index in [9.17, 15) is 4.79 Å². The number of carbonyl (C=O) groups is 1. The van der Waals surface area contributed by atoms with E-state index in [1.807, 2.05) is 40.9 Å². The van der Waals surface area contributed by atoms with Crippen LogP contribution in [-0.4, -0.2) is 27.5 Å². The molecule has 0 bridgehead atoms. The van der Waals surface area contributed by atoms with Gasteiger partial charge in [0.1, 0.15) is 14.5 Å². The lowest BCUT2D eigenvalue weighted by Gasteiger charge is -2.20. The molecule has 0 aromatic rings. The van der Waals surface area contributed by atoms with Crippen LogP contribution in [0.2, 0.25) is 5.31 Å². The number of rotatable bonds is 8. The third-order valence-electron chi connectivity index (χ3n) is 3.05. The van der Waals surface area contributed by atoms with Crippen molar-refractivity contribution in [2.24, 2.45) is 0 Å². The van der Waals surface area contributed by atoms with Gasteiger partial charge in [0.2, 0.25) is 0 Å². The number of esters is 1. The Labute approximate surface area is 117 Å². The molecule has 0 fully saturated rings. The molecule has 0 aliphatic heterocycles. The van der Waals surface area contributed by atoms with Crippen LogP contribution in [0.5, 0.6) is 0 Å². The molecule has 0 saturated carbocycles. The molecule has 4 heteroatoms. The van der Waals surface area contributed by atoms with Gasteiger partial charge < -0.3 is 10.1 Å². The molecule has 0 rings (SSSR count). The van der Waals surface area contributed by atoms with Gasteiger partial charge in [0.15, 0.2) is 0 Å². The molecule has 0 radical (unpaired) electrons. The molecule has 3 nitrogen and oxygen atoms in total. The van der Waals surface area contributed by atoms with Crippen LogP contribution in [0.25, 0.3) is 0 Å². The molecule has 0 spiro atoms. The van der Waals surface area contributed by atoms with Crippen LogP contribution in [-0.2, 0) is 9.53 Å². The van der Waals surface area contributed by atoms with Gasteiger partial charge in [0.05, 0.1) is 0 Å². The lowest BCUT2D eigenvalue weighted by molar-refractivity contribution is -0.145. The second-order valence-electron chi connectivity index (χ2n) is 4.84. The molecule has 0 amide bonds. The van der Waals surface area contributed by atoms with Gasteiger partial charge in [0.25, 0.3) is 0 Å². The Morgan fingerprint density at radius 3 is 2.42 bits per heavy atom. The largest absolute Gasteiger partial charge is 0.461 e. The monoisotopic (exact) mass is 261 g/mol. The molecule has 0 saturated heterocycles. The van der Waals surface area contributed by atoms with Crippen molar-refractivity contribution in [1.82, 2.24) is 5.32 Å². The second kappa shape index (κ2) is 8.41. The quantitative estimate of drug-likeness (QED) is 0.413. The minimum absolute atomic E-state index is 0.190. The van der Waals surface area contributed by atoms with E-state index in [0.29, 0.717) is 0 Å². The first-order valence-electron chi connectivity index (χ1n) is 6.42. The Balaban J connectivity index is 4.64. The van der Waals surface area contributed by atoms with Crippen molar-refractivity contribution in [1.29, 1.82) is 0 Å². The summed E-state index contributed by atoms with van der Waals surface area (Å²) in [4.78, 5) is 11.8. The summed E-state index contributed by atoms with van der Waals surface area (Å²) in [6.07, 6.45) is 7.86. The van der Waals surface area contributed by atoms with Crippen molar-refractivity contribution in [3.8, 4) is 0 Å². The molecule has 1 N–H and O–H groups in total. The van der Waals surface area contributed by atoms with Crippen LogP contribution in [0.3, 0.4) is 0 Å². The van der Waals surface area contributed by atoms with Crippen LogP contribution in [0.1, 0.15) is 20.3 Å². The van der Waals surface area contributed by atoms with Crippen molar-refractivity contribution < 1.29 is 9.53 Å². The number of nitrogens with one attached hydrogen (secondary N) is 1. The summed E-state index contributed by atoms with van der Waals surface area (Å²) < 4.78 is 5.30. The molecule has 0 aromatic heterocycles.